The number of nitrogens with two attached hydrogens (primary N) is 1. The lowest BCUT2D eigenvalue weighted by Gasteiger charge is -2.41. The maximum Gasteiger partial charge on any atom is 0.128 e. The molecule has 0 spiro atoms. The molecular formula is C12H16BrNO2. The van der Waals surface area contributed by atoms with Crippen molar-refractivity contribution in [2.24, 2.45) is 5.73 Å². The van der Waals surface area contributed by atoms with E-state index in [0.29, 0.717) is 6.61 Å². The monoisotopic (exact) mass is 285 g/mol. The van der Waals surface area contributed by atoms with Gasteiger partial charge in [-0.1, -0.05) is 22.0 Å². The lowest BCUT2D eigenvalue weighted by molar-refractivity contribution is -0.0945. The minimum atomic E-state index is 0.0315. The summed E-state index contributed by atoms with van der Waals surface area (Å²) < 4.78 is 12.4. The van der Waals surface area contributed by atoms with Crippen LogP contribution in [0.25, 0.3) is 0 Å². The van der Waals surface area contributed by atoms with E-state index < -0.39 is 0 Å². The third-order valence-corrected chi connectivity index (χ3v) is 3.23. The Kier molecular flexibility index (Phi) is 3.84. The molecule has 0 amide bonds. The van der Waals surface area contributed by atoms with Crippen LogP contribution in [0.5, 0.6) is 5.75 Å². The first-order valence-corrected chi connectivity index (χ1v) is 6.29. The molecular weight excluding hydrogens is 270 g/mol. The fraction of sp³-hybridized carbons (Fsp3) is 0.500. The van der Waals surface area contributed by atoms with E-state index in [0.717, 1.165) is 16.6 Å². The Bertz CT molecular complexity index is 359. The molecule has 3 atom stereocenters. The van der Waals surface area contributed by atoms with Crippen LogP contribution >= 0.6 is 15.9 Å². The molecule has 0 heterocycles. The molecule has 1 aliphatic rings. The van der Waals surface area contributed by atoms with Crippen molar-refractivity contribution in [3.63, 3.8) is 0 Å². The number of ether oxygens (including phenoxy) is 2. The van der Waals surface area contributed by atoms with Crippen LogP contribution in [-0.4, -0.2) is 24.9 Å². The molecule has 0 aliphatic heterocycles. The number of benzene rings is 1. The molecule has 3 nitrogen and oxygen atoms in total. The van der Waals surface area contributed by atoms with Crippen LogP contribution in [0.1, 0.15) is 13.3 Å². The van der Waals surface area contributed by atoms with Crippen LogP contribution in [-0.2, 0) is 4.74 Å². The Morgan fingerprint density at radius 3 is 2.94 bits per heavy atom. The fourth-order valence-electron chi connectivity index (χ4n) is 1.87. The molecule has 0 radical (unpaired) electrons. The van der Waals surface area contributed by atoms with Gasteiger partial charge in [0.15, 0.2) is 0 Å². The van der Waals surface area contributed by atoms with E-state index >= 15 is 0 Å². The van der Waals surface area contributed by atoms with Crippen LogP contribution in [0, 0.1) is 0 Å². The van der Waals surface area contributed by atoms with E-state index in [1.165, 1.54) is 0 Å². The van der Waals surface area contributed by atoms with Crippen LogP contribution in [0.15, 0.2) is 28.7 Å². The van der Waals surface area contributed by atoms with Gasteiger partial charge < -0.3 is 15.2 Å². The zero-order chi connectivity index (χ0) is 11.5. The van der Waals surface area contributed by atoms with Crippen molar-refractivity contribution in [1.29, 1.82) is 0 Å². The molecule has 0 saturated heterocycles. The Hall–Kier alpha value is -0.580. The first kappa shape index (κ1) is 11.9. The standard InChI is InChI=1S/C12H16BrNO2/c1-2-15-12-10(14)7-11(12)16-9-5-3-4-8(13)6-9/h3-6,10-12H,2,7,14H2,1H3. The second kappa shape index (κ2) is 5.17. The molecule has 1 aliphatic carbocycles. The summed E-state index contributed by atoms with van der Waals surface area (Å²) in [5.74, 6) is 0.857. The minimum Gasteiger partial charge on any atom is -0.488 e. The van der Waals surface area contributed by atoms with Crippen LogP contribution in [0.2, 0.25) is 0 Å². The van der Waals surface area contributed by atoms with Gasteiger partial charge in [-0.05, 0) is 25.1 Å². The summed E-state index contributed by atoms with van der Waals surface area (Å²) in [6, 6.07) is 7.93. The summed E-state index contributed by atoms with van der Waals surface area (Å²) in [4.78, 5) is 0. The molecule has 0 aromatic heterocycles. The van der Waals surface area contributed by atoms with Crippen molar-refractivity contribution in [1.82, 2.24) is 0 Å². The Labute approximate surface area is 104 Å². The zero-order valence-corrected chi connectivity index (χ0v) is 10.8. The number of hydrogen-bond donors (Lipinski definition) is 1. The van der Waals surface area contributed by atoms with Crippen molar-refractivity contribution < 1.29 is 9.47 Å². The van der Waals surface area contributed by atoms with Gasteiger partial charge >= 0.3 is 0 Å². The third-order valence-electron chi connectivity index (χ3n) is 2.74. The van der Waals surface area contributed by atoms with E-state index in [-0.39, 0.29) is 18.2 Å². The Morgan fingerprint density at radius 1 is 1.50 bits per heavy atom. The van der Waals surface area contributed by atoms with Gasteiger partial charge in [0.05, 0.1) is 0 Å². The van der Waals surface area contributed by atoms with Gasteiger partial charge in [0, 0.05) is 23.5 Å². The van der Waals surface area contributed by atoms with E-state index in [1.807, 2.05) is 31.2 Å². The normalized spacial score (nSPS) is 28.6. The van der Waals surface area contributed by atoms with E-state index in [1.54, 1.807) is 0 Å². The highest BCUT2D eigenvalue weighted by Gasteiger charge is 2.41. The van der Waals surface area contributed by atoms with E-state index in [9.17, 15) is 0 Å². The maximum atomic E-state index is 5.87. The highest BCUT2D eigenvalue weighted by Crippen LogP contribution is 2.28. The summed E-state index contributed by atoms with van der Waals surface area (Å²) in [5.41, 5.74) is 5.87. The minimum absolute atomic E-state index is 0.0315. The predicted molar refractivity (Wildman–Crippen MR) is 66.6 cm³/mol. The summed E-state index contributed by atoms with van der Waals surface area (Å²) in [7, 11) is 0. The smallest absolute Gasteiger partial charge is 0.128 e. The quantitative estimate of drug-likeness (QED) is 0.924. The molecule has 3 unspecified atom stereocenters. The van der Waals surface area contributed by atoms with Crippen molar-refractivity contribution in [3.05, 3.63) is 28.7 Å². The zero-order valence-electron chi connectivity index (χ0n) is 9.23. The molecule has 4 heteroatoms. The van der Waals surface area contributed by atoms with Gasteiger partial charge in [-0.15, -0.1) is 0 Å². The second-order valence-electron chi connectivity index (χ2n) is 3.93. The van der Waals surface area contributed by atoms with Crippen molar-refractivity contribution in [2.75, 3.05) is 6.61 Å². The second-order valence-corrected chi connectivity index (χ2v) is 4.85. The third kappa shape index (κ3) is 2.56. The largest absolute Gasteiger partial charge is 0.488 e. The molecule has 1 fully saturated rings. The molecule has 2 rings (SSSR count). The molecule has 1 aromatic carbocycles. The average molecular weight is 286 g/mol. The van der Waals surface area contributed by atoms with E-state index in [4.69, 9.17) is 15.2 Å². The summed E-state index contributed by atoms with van der Waals surface area (Å²) in [5, 5.41) is 0. The van der Waals surface area contributed by atoms with E-state index in [2.05, 4.69) is 15.9 Å². The average Bonchev–Trinajstić information content (AvgIpc) is 2.26. The molecule has 1 saturated carbocycles. The number of hydrogen-bond acceptors (Lipinski definition) is 3. The van der Waals surface area contributed by atoms with Crippen LogP contribution < -0.4 is 10.5 Å². The summed E-state index contributed by atoms with van der Waals surface area (Å²) >= 11 is 3.41. The van der Waals surface area contributed by atoms with Crippen molar-refractivity contribution in [3.8, 4) is 5.75 Å². The number of halogens is 1. The van der Waals surface area contributed by atoms with Crippen molar-refractivity contribution >= 4 is 15.9 Å². The van der Waals surface area contributed by atoms with Gasteiger partial charge in [0.1, 0.15) is 18.0 Å². The van der Waals surface area contributed by atoms with Crippen LogP contribution in [0.3, 0.4) is 0 Å². The SMILES string of the molecule is CCOC1C(N)CC1Oc1cccc(Br)c1. The molecule has 88 valence electrons. The topological polar surface area (TPSA) is 44.5 Å². The maximum absolute atomic E-state index is 5.87. The predicted octanol–water partition coefficient (Wildman–Crippen LogP) is 2.33. The fourth-order valence-corrected chi connectivity index (χ4v) is 2.25. The van der Waals surface area contributed by atoms with Crippen molar-refractivity contribution in [2.45, 2.75) is 31.6 Å². The molecule has 2 N–H and O–H groups in total. The highest BCUT2D eigenvalue weighted by atomic mass is 79.9. The lowest BCUT2D eigenvalue weighted by Crippen LogP contribution is -2.59. The van der Waals surface area contributed by atoms with Gasteiger partial charge in [0.25, 0.3) is 0 Å². The first-order chi connectivity index (χ1) is 7.70. The molecule has 0 bridgehead atoms. The van der Waals surface area contributed by atoms with Gasteiger partial charge in [-0.25, -0.2) is 0 Å². The lowest BCUT2D eigenvalue weighted by atomic mass is 9.86. The molecule has 16 heavy (non-hydrogen) atoms. The Morgan fingerprint density at radius 2 is 2.31 bits per heavy atom. The van der Waals surface area contributed by atoms with Crippen LogP contribution in [0.4, 0.5) is 0 Å². The molecule has 1 aromatic rings. The first-order valence-electron chi connectivity index (χ1n) is 5.50. The van der Waals surface area contributed by atoms with Gasteiger partial charge in [-0.3, -0.25) is 0 Å². The Balaban J connectivity index is 1.95. The summed E-state index contributed by atoms with van der Waals surface area (Å²) in [6.45, 7) is 2.65. The summed E-state index contributed by atoms with van der Waals surface area (Å²) in [6.07, 6.45) is 0.977. The van der Waals surface area contributed by atoms with Gasteiger partial charge in [0.2, 0.25) is 0 Å². The highest BCUT2D eigenvalue weighted by molar-refractivity contribution is 9.10. The van der Waals surface area contributed by atoms with Gasteiger partial charge in [-0.2, -0.15) is 0 Å². The number of rotatable bonds is 4.